The highest BCUT2D eigenvalue weighted by Gasteiger charge is 2.34. The smallest absolute Gasteiger partial charge is 0.338 e. The number of hydrogen-bond acceptors (Lipinski definition) is 8. The van der Waals surface area contributed by atoms with Crippen molar-refractivity contribution in [3.05, 3.63) is 41.5 Å². The molecule has 0 aromatic heterocycles. The molecule has 0 radical (unpaired) electrons. The van der Waals surface area contributed by atoms with Crippen LogP contribution in [0.2, 0.25) is 0 Å². The van der Waals surface area contributed by atoms with Gasteiger partial charge in [-0.3, -0.25) is 4.79 Å². The summed E-state index contributed by atoms with van der Waals surface area (Å²) in [5.74, 6) is 0.672. The average molecular weight is 456 g/mol. The summed E-state index contributed by atoms with van der Waals surface area (Å²) in [5, 5.41) is 0. The van der Waals surface area contributed by atoms with Crippen LogP contribution >= 0.6 is 0 Å². The summed E-state index contributed by atoms with van der Waals surface area (Å²) in [5.41, 5.74) is 2.02. The highest BCUT2D eigenvalue weighted by atomic mass is 16.6. The van der Waals surface area contributed by atoms with Crippen molar-refractivity contribution in [1.29, 1.82) is 0 Å². The molecule has 2 aliphatic rings. The normalized spacial score (nSPS) is 17.3. The molecule has 8 nitrogen and oxygen atoms in total. The Bertz CT molecular complexity index is 1050. The van der Waals surface area contributed by atoms with Gasteiger partial charge in [0.25, 0.3) is 0 Å². The van der Waals surface area contributed by atoms with Crippen LogP contribution in [0.15, 0.2) is 30.3 Å². The number of fused-ring (bicyclic) bond motifs is 1. The summed E-state index contributed by atoms with van der Waals surface area (Å²) in [4.78, 5) is 24.6. The molecule has 1 fully saturated rings. The molecule has 0 bridgehead atoms. The molecule has 2 aromatic carbocycles. The van der Waals surface area contributed by atoms with Crippen LogP contribution in [0.5, 0.6) is 17.2 Å². The summed E-state index contributed by atoms with van der Waals surface area (Å²) in [6.07, 6.45) is 0.469. The van der Waals surface area contributed by atoms with Crippen molar-refractivity contribution in [2.75, 3.05) is 34.0 Å². The van der Waals surface area contributed by atoms with E-state index in [1.165, 1.54) is 7.11 Å². The Hall–Kier alpha value is -3.26. The Morgan fingerprint density at radius 3 is 2.58 bits per heavy atom. The number of methoxy groups -OCH3 is 2. The lowest BCUT2D eigenvalue weighted by molar-refractivity contribution is -0.161. The molecule has 0 saturated carbocycles. The average Bonchev–Trinajstić information content (AvgIpc) is 3.46. The van der Waals surface area contributed by atoms with Crippen LogP contribution in [0.4, 0.5) is 0 Å². The highest BCUT2D eigenvalue weighted by Crippen LogP contribution is 2.45. The maximum absolute atomic E-state index is 12.8. The Morgan fingerprint density at radius 2 is 1.88 bits per heavy atom. The van der Waals surface area contributed by atoms with Crippen LogP contribution in [-0.4, -0.2) is 52.1 Å². The summed E-state index contributed by atoms with van der Waals surface area (Å²) < 4.78 is 33.3. The molecule has 0 N–H and O–H groups in total. The standard InChI is InChI=1S/C25H28O8/c1-25(2,24(27)33-17-9-10-30-13-17)14-32-21-18(7-8-20(28-3)22(21)29-4)15-5-6-19-16(11-15)12-31-23(19)26/h5-8,11,17H,9-10,12-14H2,1-4H3/t17-/m1/s1. The van der Waals surface area contributed by atoms with Gasteiger partial charge < -0.3 is 28.4 Å². The summed E-state index contributed by atoms with van der Waals surface area (Å²) in [6, 6.07) is 9.12. The molecule has 33 heavy (non-hydrogen) atoms. The van der Waals surface area contributed by atoms with E-state index in [1.807, 2.05) is 18.2 Å². The van der Waals surface area contributed by atoms with E-state index in [0.717, 1.165) is 16.7 Å². The third-order valence-corrected chi connectivity index (χ3v) is 5.79. The second-order valence-electron chi connectivity index (χ2n) is 8.69. The molecular formula is C25H28O8. The first-order valence-corrected chi connectivity index (χ1v) is 10.8. The number of hydrogen-bond donors (Lipinski definition) is 0. The summed E-state index contributed by atoms with van der Waals surface area (Å²) in [6.45, 7) is 4.85. The largest absolute Gasteiger partial charge is 0.493 e. The fraction of sp³-hybridized carbons (Fsp3) is 0.440. The van der Waals surface area contributed by atoms with Crippen molar-refractivity contribution < 1.29 is 38.0 Å². The van der Waals surface area contributed by atoms with Gasteiger partial charge in [0, 0.05) is 17.5 Å². The SMILES string of the molecule is COc1ccc(-c2ccc3c(c2)COC3=O)c(OCC(C)(C)C(=O)O[C@@H]2CCOC2)c1OC. The fourth-order valence-corrected chi connectivity index (χ4v) is 3.80. The lowest BCUT2D eigenvalue weighted by Crippen LogP contribution is -2.35. The fourth-order valence-electron chi connectivity index (χ4n) is 3.80. The van der Waals surface area contributed by atoms with Crippen LogP contribution in [0.3, 0.4) is 0 Å². The van der Waals surface area contributed by atoms with Crippen LogP contribution in [-0.2, 0) is 25.6 Å². The van der Waals surface area contributed by atoms with Crippen molar-refractivity contribution >= 4 is 11.9 Å². The van der Waals surface area contributed by atoms with Crippen LogP contribution in [0.1, 0.15) is 36.2 Å². The van der Waals surface area contributed by atoms with E-state index in [2.05, 4.69) is 0 Å². The van der Waals surface area contributed by atoms with Crippen molar-refractivity contribution in [3.8, 4) is 28.4 Å². The van der Waals surface area contributed by atoms with E-state index in [4.69, 9.17) is 28.4 Å². The molecule has 8 heteroatoms. The quantitative estimate of drug-likeness (QED) is 0.555. The minimum absolute atomic E-state index is 0.0580. The molecule has 1 saturated heterocycles. The number of benzene rings is 2. The summed E-state index contributed by atoms with van der Waals surface area (Å²) >= 11 is 0. The number of carbonyl (C=O) groups is 2. The van der Waals surface area contributed by atoms with E-state index >= 15 is 0 Å². The minimum Gasteiger partial charge on any atom is -0.493 e. The number of ether oxygens (including phenoxy) is 6. The topological polar surface area (TPSA) is 89.5 Å². The Labute approximate surface area is 192 Å². The molecule has 0 aliphatic carbocycles. The molecule has 4 rings (SSSR count). The summed E-state index contributed by atoms with van der Waals surface area (Å²) in [7, 11) is 3.08. The zero-order valence-corrected chi connectivity index (χ0v) is 19.3. The maximum atomic E-state index is 12.8. The first-order chi connectivity index (χ1) is 15.8. The van der Waals surface area contributed by atoms with Crippen LogP contribution in [0, 0.1) is 5.41 Å². The maximum Gasteiger partial charge on any atom is 0.338 e. The van der Waals surface area contributed by atoms with Gasteiger partial charge in [0.15, 0.2) is 11.5 Å². The van der Waals surface area contributed by atoms with Gasteiger partial charge in [-0.15, -0.1) is 0 Å². The van der Waals surface area contributed by atoms with Crippen molar-refractivity contribution in [3.63, 3.8) is 0 Å². The second kappa shape index (κ2) is 9.31. The first-order valence-electron chi connectivity index (χ1n) is 10.8. The van der Waals surface area contributed by atoms with Gasteiger partial charge in [0.1, 0.15) is 19.3 Å². The molecule has 2 aromatic rings. The van der Waals surface area contributed by atoms with Crippen LogP contribution < -0.4 is 14.2 Å². The van der Waals surface area contributed by atoms with E-state index in [9.17, 15) is 9.59 Å². The van der Waals surface area contributed by atoms with Crippen molar-refractivity contribution in [2.45, 2.75) is 33.0 Å². The molecule has 1 atom stereocenters. The Balaban J connectivity index is 1.63. The first kappa shape index (κ1) is 22.9. The van der Waals surface area contributed by atoms with E-state index in [-0.39, 0.29) is 31.3 Å². The number of cyclic esters (lactones) is 1. The van der Waals surface area contributed by atoms with Gasteiger partial charge in [0.05, 0.1) is 38.4 Å². The molecule has 0 amide bonds. The van der Waals surface area contributed by atoms with Gasteiger partial charge in [-0.25, -0.2) is 4.79 Å². The molecule has 2 heterocycles. The highest BCUT2D eigenvalue weighted by molar-refractivity contribution is 5.94. The lowest BCUT2D eigenvalue weighted by atomic mass is 9.94. The zero-order chi connectivity index (χ0) is 23.6. The van der Waals surface area contributed by atoms with E-state index < -0.39 is 5.41 Å². The lowest BCUT2D eigenvalue weighted by Gasteiger charge is -2.26. The predicted molar refractivity (Wildman–Crippen MR) is 119 cm³/mol. The van der Waals surface area contributed by atoms with Crippen molar-refractivity contribution in [1.82, 2.24) is 0 Å². The minimum atomic E-state index is -0.911. The second-order valence-corrected chi connectivity index (χ2v) is 8.69. The van der Waals surface area contributed by atoms with E-state index in [1.54, 1.807) is 33.1 Å². The van der Waals surface area contributed by atoms with Gasteiger partial charge in [-0.1, -0.05) is 6.07 Å². The Morgan fingerprint density at radius 1 is 1.09 bits per heavy atom. The molecule has 0 unspecified atom stereocenters. The molecule has 0 spiro atoms. The van der Waals surface area contributed by atoms with Gasteiger partial charge >= 0.3 is 11.9 Å². The zero-order valence-electron chi connectivity index (χ0n) is 19.3. The monoisotopic (exact) mass is 456 g/mol. The van der Waals surface area contributed by atoms with Crippen LogP contribution in [0.25, 0.3) is 11.1 Å². The van der Waals surface area contributed by atoms with Crippen molar-refractivity contribution in [2.24, 2.45) is 5.41 Å². The molecular weight excluding hydrogens is 428 g/mol. The third-order valence-electron chi connectivity index (χ3n) is 5.79. The third kappa shape index (κ3) is 4.61. The number of esters is 2. The molecule has 2 aliphatic heterocycles. The Kier molecular flexibility index (Phi) is 6.47. The van der Waals surface area contributed by atoms with Gasteiger partial charge in [0.2, 0.25) is 5.75 Å². The number of rotatable bonds is 8. The number of carbonyl (C=O) groups excluding carboxylic acids is 2. The van der Waals surface area contributed by atoms with E-state index in [0.29, 0.717) is 42.4 Å². The molecule has 176 valence electrons. The van der Waals surface area contributed by atoms with Gasteiger partial charge in [-0.2, -0.15) is 0 Å². The van der Waals surface area contributed by atoms with Gasteiger partial charge in [-0.05, 0) is 43.7 Å². The predicted octanol–water partition coefficient (Wildman–Crippen LogP) is 3.78.